The van der Waals surface area contributed by atoms with Crippen LogP contribution in [0, 0.1) is 26.7 Å². The third-order valence-corrected chi connectivity index (χ3v) is 9.87. The topological polar surface area (TPSA) is 44.9 Å². The molecule has 0 saturated carbocycles. The zero-order valence-electron chi connectivity index (χ0n) is 29.8. The quantitative estimate of drug-likeness (QED) is 0.148. The van der Waals surface area contributed by atoms with Crippen LogP contribution in [0.2, 0.25) is 0 Å². The Bertz CT molecular complexity index is 2270. The van der Waals surface area contributed by atoms with Gasteiger partial charge in [-0.25, -0.2) is 9.67 Å². The Balaban J connectivity index is 1.34. The average Bonchev–Trinajstić information content (AvgIpc) is 3.59. The average molecular weight is 647 g/mol. The van der Waals surface area contributed by atoms with Gasteiger partial charge in [0, 0.05) is 40.4 Å². The van der Waals surface area contributed by atoms with Gasteiger partial charge in [0.25, 0.3) is 0 Å². The molecule has 7 rings (SSSR count). The second-order valence-corrected chi connectivity index (χ2v) is 14.0. The van der Waals surface area contributed by atoms with Crippen molar-refractivity contribution in [1.82, 2.24) is 19.3 Å². The standard InChI is InChI=1S/C44H46N4O/c1-8-30(5)35-16-19-41-40(25-35)39-18-17-37(27-42(39)47(41)43-22-29(4)20-21-45-43)49-38-24-33(15-14-28(2)3)23-36(26-38)48-32(7)44(31(6)46-48)34-12-10-9-11-13-34/h9-13,16-28,30H,8,14-15H2,1-7H3. The normalized spacial score (nSPS) is 12.3. The Morgan fingerprint density at radius 2 is 1.57 bits per heavy atom. The first-order chi connectivity index (χ1) is 23.7. The van der Waals surface area contributed by atoms with Crippen molar-refractivity contribution >= 4 is 21.8 Å². The van der Waals surface area contributed by atoms with Gasteiger partial charge in [-0.1, -0.05) is 64.1 Å². The monoisotopic (exact) mass is 646 g/mol. The molecule has 0 bridgehead atoms. The van der Waals surface area contributed by atoms with Gasteiger partial charge in [-0.05, 0) is 123 Å². The minimum atomic E-state index is 0.491. The van der Waals surface area contributed by atoms with Gasteiger partial charge in [0.1, 0.15) is 17.3 Å². The number of fused-ring (bicyclic) bond motifs is 3. The molecule has 0 spiro atoms. The molecule has 0 saturated heterocycles. The molecule has 0 fully saturated rings. The molecule has 3 heterocycles. The van der Waals surface area contributed by atoms with Crippen LogP contribution in [0.3, 0.4) is 0 Å². The molecule has 3 aromatic heterocycles. The molecule has 0 aliphatic carbocycles. The Morgan fingerprint density at radius 1 is 0.755 bits per heavy atom. The highest BCUT2D eigenvalue weighted by molar-refractivity contribution is 6.09. The molecule has 0 radical (unpaired) electrons. The van der Waals surface area contributed by atoms with E-state index in [0.717, 1.165) is 64.7 Å². The van der Waals surface area contributed by atoms with Crippen LogP contribution in [0.1, 0.15) is 74.5 Å². The molecule has 0 amide bonds. The molecule has 248 valence electrons. The lowest BCUT2D eigenvalue weighted by Gasteiger charge is -2.14. The predicted molar refractivity (Wildman–Crippen MR) is 204 cm³/mol. The van der Waals surface area contributed by atoms with E-state index in [4.69, 9.17) is 14.8 Å². The van der Waals surface area contributed by atoms with E-state index in [-0.39, 0.29) is 0 Å². The number of benzene rings is 4. The summed E-state index contributed by atoms with van der Waals surface area (Å²) in [6.07, 6.45) is 5.06. The first-order valence-corrected chi connectivity index (χ1v) is 17.6. The largest absolute Gasteiger partial charge is 0.457 e. The van der Waals surface area contributed by atoms with Crippen LogP contribution >= 0.6 is 0 Å². The van der Waals surface area contributed by atoms with Crippen molar-refractivity contribution in [2.75, 3.05) is 0 Å². The summed E-state index contributed by atoms with van der Waals surface area (Å²) in [6.45, 7) is 15.5. The van der Waals surface area contributed by atoms with Crippen molar-refractivity contribution in [2.24, 2.45) is 5.92 Å². The van der Waals surface area contributed by atoms with E-state index in [1.807, 2.05) is 12.3 Å². The van der Waals surface area contributed by atoms with E-state index in [0.29, 0.717) is 11.8 Å². The third-order valence-electron chi connectivity index (χ3n) is 9.87. The number of hydrogen-bond donors (Lipinski definition) is 0. The van der Waals surface area contributed by atoms with Crippen molar-refractivity contribution in [3.05, 3.63) is 131 Å². The van der Waals surface area contributed by atoms with Crippen molar-refractivity contribution in [3.63, 3.8) is 0 Å². The summed E-state index contributed by atoms with van der Waals surface area (Å²) in [5.41, 5.74) is 11.5. The Labute approximate surface area is 290 Å². The number of nitrogens with zero attached hydrogens (tertiary/aromatic N) is 4. The first-order valence-electron chi connectivity index (χ1n) is 17.6. The molecule has 5 nitrogen and oxygen atoms in total. The highest BCUT2D eigenvalue weighted by Gasteiger charge is 2.18. The van der Waals surface area contributed by atoms with Crippen molar-refractivity contribution in [1.29, 1.82) is 0 Å². The molecule has 1 unspecified atom stereocenters. The summed E-state index contributed by atoms with van der Waals surface area (Å²) in [4.78, 5) is 4.81. The van der Waals surface area contributed by atoms with Crippen LogP contribution in [0.25, 0.3) is 44.4 Å². The zero-order valence-corrected chi connectivity index (χ0v) is 29.8. The van der Waals surface area contributed by atoms with Crippen LogP contribution in [-0.2, 0) is 6.42 Å². The lowest BCUT2D eigenvalue weighted by atomic mass is 9.97. The molecule has 0 N–H and O–H groups in total. The summed E-state index contributed by atoms with van der Waals surface area (Å²) in [5, 5.41) is 7.46. The second-order valence-electron chi connectivity index (χ2n) is 14.0. The maximum absolute atomic E-state index is 6.77. The van der Waals surface area contributed by atoms with E-state index >= 15 is 0 Å². The molecule has 4 aromatic carbocycles. The summed E-state index contributed by atoms with van der Waals surface area (Å²) in [5.74, 6) is 3.60. The molecule has 1 atom stereocenters. The maximum atomic E-state index is 6.77. The van der Waals surface area contributed by atoms with Gasteiger partial charge in [0.05, 0.1) is 22.4 Å². The van der Waals surface area contributed by atoms with Crippen LogP contribution in [0.5, 0.6) is 11.5 Å². The summed E-state index contributed by atoms with van der Waals surface area (Å²) in [6, 6.07) is 34.7. The van der Waals surface area contributed by atoms with Gasteiger partial charge in [-0.3, -0.25) is 4.57 Å². The van der Waals surface area contributed by atoms with E-state index in [1.54, 1.807) is 0 Å². The van der Waals surface area contributed by atoms with Gasteiger partial charge in [0.2, 0.25) is 0 Å². The lowest BCUT2D eigenvalue weighted by Crippen LogP contribution is -2.02. The molecule has 5 heteroatoms. The Kier molecular flexibility index (Phi) is 8.85. The molecule has 49 heavy (non-hydrogen) atoms. The third kappa shape index (κ3) is 6.38. The lowest BCUT2D eigenvalue weighted by molar-refractivity contribution is 0.481. The van der Waals surface area contributed by atoms with E-state index < -0.39 is 0 Å². The number of aromatic nitrogens is 4. The first kappa shape index (κ1) is 32.4. The Hall–Kier alpha value is -5.16. The number of pyridine rings is 1. The fraction of sp³-hybridized carbons (Fsp3) is 0.273. The smallest absolute Gasteiger partial charge is 0.137 e. The summed E-state index contributed by atoms with van der Waals surface area (Å²) in [7, 11) is 0. The highest BCUT2D eigenvalue weighted by Crippen LogP contribution is 2.38. The minimum Gasteiger partial charge on any atom is -0.457 e. The van der Waals surface area contributed by atoms with Crippen molar-refractivity contribution in [3.8, 4) is 34.1 Å². The SMILES string of the molecule is CCC(C)c1ccc2c(c1)c1ccc(Oc3cc(CCC(C)C)cc(-n4nc(C)c(-c5ccccc5)c4C)c3)cc1n2-c1cc(C)ccn1. The molecule has 7 aromatic rings. The number of ether oxygens (including phenoxy) is 1. The highest BCUT2D eigenvalue weighted by atomic mass is 16.5. The second kappa shape index (κ2) is 13.4. The number of rotatable bonds is 10. The number of aryl methyl sites for hydroxylation is 3. The molecule has 0 aliphatic heterocycles. The van der Waals surface area contributed by atoms with Crippen molar-refractivity contribution < 1.29 is 4.74 Å². The molecule has 0 aliphatic rings. The van der Waals surface area contributed by atoms with Crippen LogP contribution in [0.4, 0.5) is 0 Å². The number of hydrogen-bond acceptors (Lipinski definition) is 3. The van der Waals surface area contributed by atoms with E-state index in [9.17, 15) is 0 Å². The van der Waals surface area contributed by atoms with Gasteiger partial charge in [-0.15, -0.1) is 0 Å². The predicted octanol–water partition coefficient (Wildman–Crippen LogP) is 11.9. The fourth-order valence-corrected chi connectivity index (χ4v) is 6.99. The van der Waals surface area contributed by atoms with Crippen LogP contribution in [-0.4, -0.2) is 19.3 Å². The fourth-order valence-electron chi connectivity index (χ4n) is 6.99. The molecular formula is C44H46N4O. The van der Waals surface area contributed by atoms with Gasteiger partial charge >= 0.3 is 0 Å². The maximum Gasteiger partial charge on any atom is 0.137 e. The van der Waals surface area contributed by atoms with Gasteiger partial charge < -0.3 is 4.74 Å². The Morgan fingerprint density at radius 3 is 2.33 bits per heavy atom. The van der Waals surface area contributed by atoms with E-state index in [2.05, 4.69) is 149 Å². The zero-order chi connectivity index (χ0) is 34.2. The van der Waals surface area contributed by atoms with E-state index in [1.165, 1.54) is 38.6 Å². The van der Waals surface area contributed by atoms with Crippen LogP contribution < -0.4 is 4.74 Å². The van der Waals surface area contributed by atoms with Crippen LogP contribution in [0.15, 0.2) is 103 Å². The van der Waals surface area contributed by atoms with Gasteiger partial charge in [-0.2, -0.15) is 5.10 Å². The summed E-state index contributed by atoms with van der Waals surface area (Å²) < 4.78 is 11.1. The van der Waals surface area contributed by atoms with Gasteiger partial charge in [0.15, 0.2) is 0 Å². The molecular weight excluding hydrogens is 601 g/mol. The minimum absolute atomic E-state index is 0.491. The van der Waals surface area contributed by atoms with Crippen molar-refractivity contribution in [2.45, 2.75) is 73.6 Å². The summed E-state index contributed by atoms with van der Waals surface area (Å²) >= 11 is 0.